The van der Waals surface area contributed by atoms with Gasteiger partial charge in [0.25, 0.3) is 0 Å². The summed E-state index contributed by atoms with van der Waals surface area (Å²) in [7, 11) is 2.01. The average molecular weight is 204 g/mol. The van der Waals surface area contributed by atoms with E-state index in [-0.39, 0.29) is 0 Å². The molecule has 0 aromatic heterocycles. The van der Waals surface area contributed by atoms with Crippen LogP contribution < -0.4 is 10.6 Å². The standard InChI is InChI=1S/C13H20N2/c1-14-7-2-3-11-4-5-13-10-15-8-6-12(13)9-11/h4-5,9,14-15H,2-3,6-8,10H2,1H3. The maximum Gasteiger partial charge on any atom is 0.0208 e. The van der Waals surface area contributed by atoms with Crippen molar-refractivity contribution in [1.82, 2.24) is 10.6 Å². The molecule has 2 heteroatoms. The molecule has 0 saturated carbocycles. The molecule has 0 atom stereocenters. The minimum atomic E-state index is 1.05. The van der Waals surface area contributed by atoms with Gasteiger partial charge in [-0.05, 0) is 56.1 Å². The summed E-state index contributed by atoms with van der Waals surface area (Å²) >= 11 is 0. The van der Waals surface area contributed by atoms with Gasteiger partial charge >= 0.3 is 0 Å². The number of hydrogen-bond acceptors (Lipinski definition) is 2. The molecule has 82 valence electrons. The molecule has 0 bridgehead atoms. The van der Waals surface area contributed by atoms with Crippen LogP contribution in [0.25, 0.3) is 0 Å². The highest BCUT2D eigenvalue weighted by Gasteiger charge is 2.08. The van der Waals surface area contributed by atoms with Crippen molar-refractivity contribution in [2.24, 2.45) is 0 Å². The first-order chi connectivity index (χ1) is 7.40. The van der Waals surface area contributed by atoms with Crippen molar-refractivity contribution in [3.63, 3.8) is 0 Å². The Kier molecular flexibility index (Phi) is 3.75. The minimum Gasteiger partial charge on any atom is -0.320 e. The van der Waals surface area contributed by atoms with Crippen molar-refractivity contribution in [3.05, 3.63) is 34.9 Å². The van der Waals surface area contributed by atoms with Gasteiger partial charge in [-0.2, -0.15) is 0 Å². The van der Waals surface area contributed by atoms with Crippen LogP contribution in [0.1, 0.15) is 23.1 Å². The third-order valence-electron chi connectivity index (χ3n) is 3.05. The number of nitrogens with one attached hydrogen (secondary N) is 2. The lowest BCUT2D eigenvalue weighted by Gasteiger charge is -2.17. The fraction of sp³-hybridized carbons (Fsp3) is 0.538. The Bertz CT molecular complexity index is 320. The van der Waals surface area contributed by atoms with Crippen LogP contribution in [0.4, 0.5) is 0 Å². The zero-order valence-corrected chi connectivity index (χ0v) is 9.47. The van der Waals surface area contributed by atoms with Crippen LogP contribution in [-0.2, 0) is 19.4 Å². The van der Waals surface area contributed by atoms with Crippen LogP contribution >= 0.6 is 0 Å². The Labute approximate surface area is 92.1 Å². The Hall–Kier alpha value is -0.860. The molecule has 2 rings (SSSR count). The Morgan fingerprint density at radius 3 is 3.13 bits per heavy atom. The van der Waals surface area contributed by atoms with E-state index in [9.17, 15) is 0 Å². The molecule has 1 aromatic carbocycles. The molecule has 2 N–H and O–H groups in total. The van der Waals surface area contributed by atoms with Crippen molar-refractivity contribution in [3.8, 4) is 0 Å². The van der Waals surface area contributed by atoms with Crippen molar-refractivity contribution in [2.75, 3.05) is 20.1 Å². The van der Waals surface area contributed by atoms with E-state index < -0.39 is 0 Å². The third-order valence-corrected chi connectivity index (χ3v) is 3.05. The number of benzene rings is 1. The predicted octanol–water partition coefficient (Wildman–Crippen LogP) is 1.48. The average Bonchev–Trinajstić information content (AvgIpc) is 2.29. The first-order valence-corrected chi connectivity index (χ1v) is 5.86. The highest BCUT2D eigenvalue weighted by atomic mass is 14.9. The Morgan fingerprint density at radius 1 is 1.33 bits per heavy atom. The second-order valence-corrected chi connectivity index (χ2v) is 4.24. The molecule has 0 spiro atoms. The molecular formula is C13H20N2. The van der Waals surface area contributed by atoms with E-state index in [1.54, 1.807) is 5.56 Å². The second kappa shape index (κ2) is 5.29. The lowest BCUT2D eigenvalue weighted by atomic mass is 9.97. The van der Waals surface area contributed by atoms with E-state index in [1.165, 1.54) is 30.4 Å². The summed E-state index contributed by atoms with van der Waals surface area (Å²) in [6, 6.07) is 6.96. The third kappa shape index (κ3) is 2.80. The summed E-state index contributed by atoms with van der Waals surface area (Å²) < 4.78 is 0. The first-order valence-electron chi connectivity index (χ1n) is 5.86. The van der Waals surface area contributed by atoms with Crippen LogP contribution in [0.5, 0.6) is 0 Å². The molecule has 0 aliphatic carbocycles. The largest absolute Gasteiger partial charge is 0.320 e. The summed E-state index contributed by atoms with van der Waals surface area (Å²) in [4.78, 5) is 0. The molecular weight excluding hydrogens is 184 g/mol. The lowest BCUT2D eigenvalue weighted by Crippen LogP contribution is -2.23. The molecule has 1 heterocycles. The van der Waals surface area contributed by atoms with Gasteiger partial charge in [-0.25, -0.2) is 0 Å². The summed E-state index contributed by atoms with van der Waals surface area (Å²) in [5.74, 6) is 0. The second-order valence-electron chi connectivity index (χ2n) is 4.24. The van der Waals surface area contributed by atoms with E-state index >= 15 is 0 Å². The van der Waals surface area contributed by atoms with Crippen LogP contribution in [0.15, 0.2) is 18.2 Å². The summed E-state index contributed by atoms with van der Waals surface area (Å²) in [6.07, 6.45) is 3.62. The quantitative estimate of drug-likeness (QED) is 0.726. The molecule has 0 saturated heterocycles. The van der Waals surface area contributed by atoms with Crippen LogP contribution in [0.2, 0.25) is 0 Å². The monoisotopic (exact) mass is 204 g/mol. The molecule has 2 nitrogen and oxygen atoms in total. The van der Waals surface area contributed by atoms with Gasteiger partial charge in [0.2, 0.25) is 0 Å². The zero-order chi connectivity index (χ0) is 10.5. The van der Waals surface area contributed by atoms with E-state index in [2.05, 4.69) is 28.8 Å². The van der Waals surface area contributed by atoms with Gasteiger partial charge < -0.3 is 10.6 Å². The molecule has 0 unspecified atom stereocenters. The van der Waals surface area contributed by atoms with Gasteiger partial charge in [0.15, 0.2) is 0 Å². The number of rotatable bonds is 4. The normalized spacial score (nSPS) is 15.0. The Balaban J connectivity index is 2.00. The van der Waals surface area contributed by atoms with Gasteiger partial charge in [0, 0.05) is 6.54 Å². The van der Waals surface area contributed by atoms with Gasteiger partial charge in [-0.1, -0.05) is 18.2 Å². The molecule has 1 aliphatic heterocycles. The van der Waals surface area contributed by atoms with Gasteiger partial charge in [-0.15, -0.1) is 0 Å². The fourth-order valence-corrected chi connectivity index (χ4v) is 2.16. The highest BCUT2D eigenvalue weighted by molar-refractivity contribution is 5.33. The van der Waals surface area contributed by atoms with Crippen LogP contribution in [0.3, 0.4) is 0 Å². The fourth-order valence-electron chi connectivity index (χ4n) is 2.16. The lowest BCUT2D eigenvalue weighted by molar-refractivity contribution is 0.642. The van der Waals surface area contributed by atoms with E-state index in [0.717, 1.165) is 19.6 Å². The Morgan fingerprint density at radius 2 is 2.27 bits per heavy atom. The number of hydrogen-bond donors (Lipinski definition) is 2. The smallest absolute Gasteiger partial charge is 0.0208 e. The summed E-state index contributed by atoms with van der Waals surface area (Å²) in [5.41, 5.74) is 4.53. The first kappa shape index (κ1) is 10.7. The van der Waals surface area contributed by atoms with Crippen molar-refractivity contribution >= 4 is 0 Å². The maximum atomic E-state index is 3.40. The van der Waals surface area contributed by atoms with E-state index in [0.29, 0.717) is 0 Å². The number of aryl methyl sites for hydroxylation is 1. The topological polar surface area (TPSA) is 24.1 Å². The van der Waals surface area contributed by atoms with Crippen molar-refractivity contribution in [1.29, 1.82) is 0 Å². The van der Waals surface area contributed by atoms with Crippen molar-refractivity contribution in [2.45, 2.75) is 25.8 Å². The molecule has 15 heavy (non-hydrogen) atoms. The van der Waals surface area contributed by atoms with Gasteiger partial charge in [-0.3, -0.25) is 0 Å². The highest BCUT2D eigenvalue weighted by Crippen LogP contribution is 2.16. The molecule has 0 fully saturated rings. The summed E-state index contributed by atoms with van der Waals surface area (Å²) in [6.45, 7) is 3.29. The summed E-state index contributed by atoms with van der Waals surface area (Å²) in [5, 5.41) is 6.59. The SMILES string of the molecule is CNCCCc1ccc2c(c1)CCNC2. The minimum absolute atomic E-state index is 1.05. The van der Waals surface area contributed by atoms with Crippen molar-refractivity contribution < 1.29 is 0 Å². The van der Waals surface area contributed by atoms with Crippen LogP contribution in [0, 0.1) is 0 Å². The van der Waals surface area contributed by atoms with Gasteiger partial charge in [0.1, 0.15) is 0 Å². The molecule has 1 aliphatic rings. The maximum absolute atomic E-state index is 3.40. The molecule has 0 radical (unpaired) electrons. The number of fused-ring (bicyclic) bond motifs is 1. The molecule has 0 amide bonds. The van der Waals surface area contributed by atoms with E-state index in [1.807, 2.05) is 7.05 Å². The van der Waals surface area contributed by atoms with E-state index in [4.69, 9.17) is 0 Å². The van der Waals surface area contributed by atoms with Gasteiger partial charge in [0.05, 0.1) is 0 Å². The van der Waals surface area contributed by atoms with Crippen LogP contribution in [-0.4, -0.2) is 20.1 Å². The zero-order valence-electron chi connectivity index (χ0n) is 9.47. The predicted molar refractivity (Wildman–Crippen MR) is 64.1 cm³/mol. The molecule has 1 aromatic rings.